The first-order chi connectivity index (χ1) is 22.8. The fraction of sp³-hybridized carbons (Fsp3) is 0. The third-order valence-corrected chi connectivity index (χ3v) is 9.71. The van der Waals surface area contributed by atoms with Crippen LogP contribution in [0.1, 0.15) is 0 Å². The summed E-state index contributed by atoms with van der Waals surface area (Å²) in [6.45, 7) is 0. The summed E-state index contributed by atoms with van der Waals surface area (Å²) in [7, 11) is 0. The minimum atomic E-state index is 0.887. The highest BCUT2D eigenvalue weighted by Gasteiger charge is 2.21. The van der Waals surface area contributed by atoms with Gasteiger partial charge >= 0.3 is 0 Å². The molecule has 0 bridgehead atoms. The Morgan fingerprint density at radius 2 is 0.804 bits per heavy atom. The fourth-order valence-electron chi connectivity index (χ4n) is 7.76. The van der Waals surface area contributed by atoms with Crippen molar-refractivity contribution < 1.29 is 8.83 Å². The molecule has 0 radical (unpaired) electrons. The van der Waals surface area contributed by atoms with Crippen LogP contribution < -0.4 is 0 Å². The summed E-state index contributed by atoms with van der Waals surface area (Å²) in [4.78, 5) is 0. The zero-order valence-corrected chi connectivity index (χ0v) is 24.6. The van der Waals surface area contributed by atoms with Crippen molar-refractivity contribution in [3.63, 3.8) is 0 Å². The Balaban J connectivity index is 1.26. The second kappa shape index (κ2) is 8.68. The van der Waals surface area contributed by atoms with Crippen molar-refractivity contribution in [3.8, 4) is 11.4 Å². The molecule has 4 heterocycles. The molecule has 0 saturated carbocycles. The normalized spacial score (nSPS) is 12.3. The van der Waals surface area contributed by atoms with Crippen molar-refractivity contribution in [3.05, 3.63) is 146 Å². The molecule has 4 heteroatoms. The van der Waals surface area contributed by atoms with E-state index in [1.165, 1.54) is 32.6 Å². The van der Waals surface area contributed by atoms with Gasteiger partial charge in [-0.3, -0.25) is 0 Å². The fourth-order valence-corrected chi connectivity index (χ4v) is 7.76. The van der Waals surface area contributed by atoms with Gasteiger partial charge in [0.2, 0.25) is 0 Å². The molecule has 0 aliphatic rings. The van der Waals surface area contributed by atoms with Gasteiger partial charge in [-0.1, -0.05) is 78.9 Å². The highest BCUT2D eigenvalue weighted by Crippen LogP contribution is 2.43. The van der Waals surface area contributed by atoms with E-state index in [0.717, 1.165) is 66.3 Å². The lowest BCUT2D eigenvalue weighted by atomic mass is 10.1. The summed E-state index contributed by atoms with van der Waals surface area (Å²) >= 11 is 0. The van der Waals surface area contributed by atoms with Gasteiger partial charge in [-0.2, -0.15) is 0 Å². The van der Waals surface area contributed by atoms with E-state index in [-0.39, 0.29) is 0 Å². The smallest absolute Gasteiger partial charge is 0.137 e. The average molecular weight is 589 g/mol. The van der Waals surface area contributed by atoms with Crippen LogP contribution in [-0.2, 0) is 0 Å². The Morgan fingerprint density at radius 1 is 0.326 bits per heavy atom. The molecule has 0 atom stereocenters. The molecule has 46 heavy (non-hydrogen) atoms. The van der Waals surface area contributed by atoms with Crippen LogP contribution >= 0.6 is 0 Å². The zero-order chi connectivity index (χ0) is 29.9. The summed E-state index contributed by atoms with van der Waals surface area (Å²) in [5.41, 5.74) is 10.4. The van der Waals surface area contributed by atoms with Crippen LogP contribution in [0, 0.1) is 0 Å². The van der Waals surface area contributed by atoms with Gasteiger partial charge in [0, 0.05) is 66.6 Å². The van der Waals surface area contributed by atoms with Crippen LogP contribution in [-0.4, -0.2) is 9.13 Å². The van der Waals surface area contributed by atoms with Gasteiger partial charge in [0.25, 0.3) is 0 Å². The third-order valence-electron chi connectivity index (χ3n) is 9.71. The second-order valence-electron chi connectivity index (χ2n) is 12.1. The molecule has 0 aliphatic carbocycles. The van der Waals surface area contributed by atoms with Crippen molar-refractivity contribution in [1.29, 1.82) is 0 Å². The van der Waals surface area contributed by atoms with Crippen LogP contribution in [0.5, 0.6) is 0 Å². The van der Waals surface area contributed by atoms with Gasteiger partial charge in [-0.15, -0.1) is 0 Å². The van der Waals surface area contributed by atoms with Crippen molar-refractivity contribution >= 4 is 87.5 Å². The summed E-state index contributed by atoms with van der Waals surface area (Å²) in [6.07, 6.45) is 0. The number of fused-ring (bicyclic) bond motifs is 13. The predicted molar refractivity (Wildman–Crippen MR) is 190 cm³/mol. The van der Waals surface area contributed by atoms with Crippen molar-refractivity contribution in [1.82, 2.24) is 9.13 Å². The molecule has 214 valence electrons. The van der Waals surface area contributed by atoms with Crippen LogP contribution in [0.4, 0.5) is 0 Å². The lowest BCUT2D eigenvalue weighted by molar-refractivity contribution is 0.668. The molecule has 11 aromatic rings. The topological polar surface area (TPSA) is 36.1 Å². The van der Waals surface area contributed by atoms with Crippen LogP contribution in [0.3, 0.4) is 0 Å². The first kappa shape index (κ1) is 24.1. The zero-order valence-electron chi connectivity index (χ0n) is 24.6. The van der Waals surface area contributed by atoms with Gasteiger partial charge in [-0.25, -0.2) is 0 Å². The molecule has 7 aromatic carbocycles. The highest BCUT2D eigenvalue weighted by molar-refractivity contribution is 6.26. The summed E-state index contributed by atoms with van der Waals surface area (Å²) in [5.74, 6) is 0. The maximum Gasteiger partial charge on any atom is 0.137 e. The monoisotopic (exact) mass is 588 g/mol. The number of nitrogens with zero attached hydrogens (tertiary/aromatic N) is 2. The number of para-hydroxylation sites is 4. The van der Waals surface area contributed by atoms with Crippen molar-refractivity contribution in [2.75, 3.05) is 0 Å². The Hall–Kier alpha value is -6.26. The molecule has 0 spiro atoms. The molecule has 0 N–H and O–H groups in total. The predicted octanol–water partition coefficient (Wildman–Crippen LogP) is 11.7. The van der Waals surface area contributed by atoms with E-state index < -0.39 is 0 Å². The van der Waals surface area contributed by atoms with E-state index >= 15 is 0 Å². The Morgan fingerprint density at radius 3 is 1.46 bits per heavy atom. The SMILES string of the molecule is c1ccc2c(c1)oc1cc(-n3c4ccccc4c4c3ccc3c5ccccc5n(-c5ccc6c(c5)oc5ccccc56)c34)ccc12. The van der Waals surface area contributed by atoms with E-state index in [1.807, 2.05) is 24.3 Å². The van der Waals surface area contributed by atoms with Gasteiger partial charge in [0.15, 0.2) is 0 Å². The highest BCUT2D eigenvalue weighted by atomic mass is 16.3. The van der Waals surface area contributed by atoms with Gasteiger partial charge in [0.05, 0.1) is 22.1 Å². The lowest BCUT2D eigenvalue weighted by Crippen LogP contribution is -1.95. The maximum atomic E-state index is 6.37. The van der Waals surface area contributed by atoms with Gasteiger partial charge < -0.3 is 18.0 Å². The number of hydrogen-bond acceptors (Lipinski definition) is 2. The number of furan rings is 2. The minimum absolute atomic E-state index is 0.887. The first-order valence-electron chi connectivity index (χ1n) is 15.6. The summed E-state index contributed by atoms with van der Waals surface area (Å²) < 4.78 is 17.5. The molecular weight excluding hydrogens is 564 g/mol. The second-order valence-corrected chi connectivity index (χ2v) is 12.1. The number of benzene rings is 7. The quantitative estimate of drug-likeness (QED) is 0.201. The lowest BCUT2D eigenvalue weighted by Gasteiger charge is -2.10. The van der Waals surface area contributed by atoms with Gasteiger partial charge in [0.1, 0.15) is 22.3 Å². The molecule has 0 fully saturated rings. The number of aromatic nitrogens is 2. The van der Waals surface area contributed by atoms with E-state index in [0.29, 0.717) is 0 Å². The Bertz CT molecular complexity index is 3040. The van der Waals surface area contributed by atoms with Crippen LogP contribution in [0.25, 0.3) is 98.9 Å². The van der Waals surface area contributed by atoms with Gasteiger partial charge in [-0.05, 0) is 54.6 Å². The molecular formula is C42H24N2O2. The molecule has 0 saturated heterocycles. The average Bonchev–Trinajstić information content (AvgIpc) is 3.84. The molecule has 0 amide bonds. The summed E-state index contributed by atoms with van der Waals surface area (Å²) in [5, 5.41) is 9.41. The Kier molecular flexibility index (Phi) is 4.55. The standard InChI is InChI=1S/C42H24N2O2/c1-5-13-34-27(9-1)32-21-22-36-41(42(32)44(34)26-18-20-31-29-11-4-8-16-38(29)46-40(31)24-26)33-12-2-6-14-35(33)43(36)25-17-19-30-28-10-3-7-15-37(28)45-39(30)23-25/h1-24H. The summed E-state index contributed by atoms with van der Waals surface area (Å²) in [6, 6.07) is 51.7. The van der Waals surface area contributed by atoms with Crippen molar-refractivity contribution in [2.24, 2.45) is 0 Å². The van der Waals surface area contributed by atoms with E-state index in [2.05, 4.69) is 130 Å². The largest absolute Gasteiger partial charge is 0.456 e. The van der Waals surface area contributed by atoms with E-state index in [9.17, 15) is 0 Å². The van der Waals surface area contributed by atoms with E-state index in [4.69, 9.17) is 8.83 Å². The minimum Gasteiger partial charge on any atom is -0.456 e. The van der Waals surface area contributed by atoms with Crippen molar-refractivity contribution in [2.45, 2.75) is 0 Å². The molecule has 4 aromatic heterocycles. The number of rotatable bonds is 2. The Labute approximate surface area is 261 Å². The maximum absolute atomic E-state index is 6.37. The number of hydrogen-bond donors (Lipinski definition) is 0. The molecule has 0 aliphatic heterocycles. The third kappa shape index (κ3) is 3.07. The molecule has 4 nitrogen and oxygen atoms in total. The molecule has 11 rings (SSSR count). The first-order valence-corrected chi connectivity index (χ1v) is 15.6. The van der Waals surface area contributed by atoms with Crippen LogP contribution in [0.15, 0.2) is 154 Å². The molecule has 0 unspecified atom stereocenters. The van der Waals surface area contributed by atoms with E-state index in [1.54, 1.807) is 0 Å². The van der Waals surface area contributed by atoms with Crippen LogP contribution in [0.2, 0.25) is 0 Å².